The first-order valence-electron chi connectivity index (χ1n) is 6.90. The highest BCUT2D eigenvalue weighted by Gasteiger charge is 2.23. The maximum absolute atomic E-state index is 9.57. The number of nitrogens with zero attached hydrogens (tertiary/aromatic N) is 1. The molecule has 0 spiro atoms. The average Bonchev–Trinajstić information content (AvgIpc) is 2.36. The van der Waals surface area contributed by atoms with Crippen molar-refractivity contribution in [2.75, 3.05) is 12.8 Å². The van der Waals surface area contributed by atoms with Crippen LogP contribution in [0.4, 0.5) is 5.69 Å². The molecule has 4 heteroatoms. The van der Waals surface area contributed by atoms with E-state index in [1.165, 1.54) is 11.1 Å². The van der Waals surface area contributed by atoms with Gasteiger partial charge >= 0.3 is 0 Å². The van der Waals surface area contributed by atoms with Gasteiger partial charge in [0.05, 0.1) is 11.8 Å². The van der Waals surface area contributed by atoms with Crippen LogP contribution in [0.1, 0.15) is 36.8 Å². The lowest BCUT2D eigenvalue weighted by molar-refractivity contribution is 0.0818. The van der Waals surface area contributed by atoms with Crippen molar-refractivity contribution in [2.45, 2.75) is 51.3 Å². The average molecular weight is 327 g/mol. The summed E-state index contributed by atoms with van der Waals surface area (Å²) in [5.41, 5.74) is 9.39. The maximum atomic E-state index is 9.57. The molecule has 3 N–H and O–H groups in total. The fraction of sp³-hybridized carbons (Fsp3) is 0.600. The summed E-state index contributed by atoms with van der Waals surface area (Å²) in [7, 11) is 2.15. The fourth-order valence-electron chi connectivity index (χ4n) is 2.85. The predicted molar refractivity (Wildman–Crippen MR) is 83.0 cm³/mol. The van der Waals surface area contributed by atoms with E-state index in [-0.39, 0.29) is 6.10 Å². The Kier molecular flexibility index (Phi) is 4.87. The van der Waals surface area contributed by atoms with Crippen LogP contribution in [-0.2, 0) is 6.54 Å². The number of aliphatic hydroxyl groups excluding tert-OH is 1. The zero-order chi connectivity index (χ0) is 14.0. The molecule has 19 heavy (non-hydrogen) atoms. The third-order valence-corrected chi connectivity index (χ3v) is 4.72. The van der Waals surface area contributed by atoms with Gasteiger partial charge < -0.3 is 10.8 Å². The number of nitrogens with two attached hydrogens (primary N) is 1. The van der Waals surface area contributed by atoms with Gasteiger partial charge in [-0.25, -0.2) is 0 Å². The van der Waals surface area contributed by atoms with Crippen LogP contribution in [0.3, 0.4) is 0 Å². The number of hydrogen-bond acceptors (Lipinski definition) is 3. The summed E-state index contributed by atoms with van der Waals surface area (Å²) in [5.74, 6) is 0. The molecule has 0 bridgehead atoms. The van der Waals surface area contributed by atoms with E-state index in [2.05, 4.69) is 46.9 Å². The zero-order valence-electron chi connectivity index (χ0n) is 11.7. The highest BCUT2D eigenvalue weighted by Crippen LogP contribution is 2.28. The summed E-state index contributed by atoms with van der Waals surface area (Å²) in [6, 6.07) is 4.77. The van der Waals surface area contributed by atoms with Crippen LogP contribution in [0.25, 0.3) is 0 Å². The van der Waals surface area contributed by atoms with Crippen LogP contribution in [0.5, 0.6) is 0 Å². The van der Waals surface area contributed by atoms with Crippen LogP contribution in [0.2, 0.25) is 0 Å². The van der Waals surface area contributed by atoms with Crippen molar-refractivity contribution in [2.24, 2.45) is 0 Å². The Labute approximate surface area is 123 Å². The van der Waals surface area contributed by atoms with E-state index in [4.69, 9.17) is 5.73 Å². The van der Waals surface area contributed by atoms with Crippen molar-refractivity contribution in [3.05, 3.63) is 27.7 Å². The van der Waals surface area contributed by atoms with Gasteiger partial charge in [-0.2, -0.15) is 0 Å². The Morgan fingerprint density at radius 3 is 2.58 bits per heavy atom. The molecule has 0 amide bonds. The summed E-state index contributed by atoms with van der Waals surface area (Å²) in [6.07, 6.45) is 3.89. The van der Waals surface area contributed by atoms with Gasteiger partial charge in [-0.1, -0.05) is 6.07 Å². The van der Waals surface area contributed by atoms with Gasteiger partial charge in [0.2, 0.25) is 0 Å². The molecule has 1 saturated carbocycles. The first-order chi connectivity index (χ1) is 8.97. The van der Waals surface area contributed by atoms with Gasteiger partial charge in [-0.3, -0.25) is 4.90 Å². The van der Waals surface area contributed by atoms with Crippen LogP contribution in [-0.4, -0.2) is 29.2 Å². The molecule has 1 aromatic rings. The molecule has 3 nitrogen and oxygen atoms in total. The van der Waals surface area contributed by atoms with E-state index >= 15 is 0 Å². The molecular formula is C15H23BrN2O. The number of aliphatic hydroxyl groups is 1. The molecule has 0 saturated heterocycles. The van der Waals surface area contributed by atoms with Crippen molar-refractivity contribution in [3.8, 4) is 0 Å². The zero-order valence-corrected chi connectivity index (χ0v) is 13.3. The van der Waals surface area contributed by atoms with Crippen molar-refractivity contribution in [3.63, 3.8) is 0 Å². The second-order valence-electron chi connectivity index (χ2n) is 5.70. The second-order valence-corrected chi connectivity index (χ2v) is 6.55. The van der Waals surface area contributed by atoms with E-state index in [0.29, 0.717) is 6.04 Å². The van der Waals surface area contributed by atoms with Gasteiger partial charge in [0.1, 0.15) is 0 Å². The highest BCUT2D eigenvalue weighted by atomic mass is 79.9. The fourth-order valence-corrected chi connectivity index (χ4v) is 3.47. The summed E-state index contributed by atoms with van der Waals surface area (Å²) in [6.45, 7) is 2.96. The molecule has 1 fully saturated rings. The van der Waals surface area contributed by atoms with Crippen LogP contribution >= 0.6 is 15.9 Å². The third kappa shape index (κ3) is 3.71. The summed E-state index contributed by atoms with van der Waals surface area (Å²) in [4.78, 5) is 2.36. The lowest BCUT2D eigenvalue weighted by Crippen LogP contribution is -2.36. The Bertz CT molecular complexity index is 442. The molecule has 1 aromatic carbocycles. The molecule has 0 aromatic heterocycles. The summed E-state index contributed by atoms with van der Waals surface area (Å²) in [5, 5.41) is 9.57. The number of hydrogen-bond donors (Lipinski definition) is 2. The second kappa shape index (κ2) is 6.25. The molecule has 0 aliphatic heterocycles. The minimum Gasteiger partial charge on any atom is -0.398 e. The molecule has 1 aliphatic rings. The molecule has 1 aliphatic carbocycles. The summed E-state index contributed by atoms with van der Waals surface area (Å²) < 4.78 is 0.981. The SMILES string of the molecule is Cc1cc(Br)c(N)c(CN(C)C2CCC(O)CC2)c1. The lowest BCUT2D eigenvalue weighted by Gasteiger charge is -2.33. The predicted octanol–water partition coefficient (Wildman–Crippen LogP) is 3.08. The highest BCUT2D eigenvalue weighted by molar-refractivity contribution is 9.10. The number of aryl methyl sites for hydroxylation is 1. The minimum atomic E-state index is -0.0946. The Morgan fingerprint density at radius 2 is 1.95 bits per heavy atom. The van der Waals surface area contributed by atoms with Gasteiger partial charge in [0.25, 0.3) is 0 Å². The number of halogens is 1. The third-order valence-electron chi connectivity index (χ3n) is 4.07. The Balaban J connectivity index is 2.04. The first kappa shape index (κ1) is 14.8. The Morgan fingerprint density at radius 1 is 1.32 bits per heavy atom. The standard InChI is InChI=1S/C15H23BrN2O/c1-10-7-11(15(17)14(16)8-10)9-18(2)12-3-5-13(19)6-4-12/h7-8,12-13,19H,3-6,9,17H2,1-2H3. The molecular weight excluding hydrogens is 304 g/mol. The van der Waals surface area contributed by atoms with Crippen LogP contribution in [0, 0.1) is 6.92 Å². The van der Waals surface area contributed by atoms with Crippen LogP contribution < -0.4 is 5.73 Å². The number of benzene rings is 1. The number of rotatable bonds is 3. The molecule has 0 unspecified atom stereocenters. The normalized spacial score (nSPS) is 23.8. The Hall–Kier alpha value is -0.580. The molecule has 2 rings (SSSR count). The van der Waals surface area contributed by atoms with Crippen LogP contribution in [0.15, 0.2) is 16.6 Å². The van der Waals surface area contributed by atoms with E-state index in [9.17, 15) is 5.11 Å². The number of nitrogen functional groups attached to an aromatic ring is 1. The van der Waals surface area contributed by atoms with Crippen molar-refractivity contribution < 1.29 is 5.11 Å². The quantitative estimate of drug-likeness (QED) is 0.839. The van der Waals surface area contributed by atoms with Crippen molar-refractivity contribution in [1.29, 1.82) is 0 Å². The van der Waals surface area contributed by atoms with E-state index in [1.54, 1.807) is 0 Å². The van der Waals surface area contributed by atoms with Crippen molar-refractivity contribution >= 4 is 21.6 Å². The smallest absolute Gasteiger partial charge is 0.0541 e. The first-order valence-corrected chi connectivity index (χ1v) is 7.69. The largest absolute Gasteiger partial charge is 0.398 e. The summed E-state index contributed by atoms with van der Waals surface area (Å²) >= 11 is 3.51. The lowest BCUT2D eigenvalue weighted by atomic mass is 9.92. The van der Waals surface area contributed by atoms with Gasteiger partial charge in [-0.15, -0.1) is 0 Å². The van der Waals surface area contributed by atoms with E-state index in [1.807, 2.05) is 0 Å². The van der Waals surface area contributed by atoms with E-state index in [0.717, 1.165) is 42.4 Å². The monoisotopic (exact) mass is 326 g/mol. The minimum absolute atomic E-state index is 0.0946. The van der Waals surface area contributed by atoms with Gasteiger partial charge in [-0.05, 0) is 72.8 Å². The van der Waals surface area contributed by atoms with E-state index < -0.39 is 0 Å². The topological polar surface area (TPSA) is 49.5 Å². The maximum Gasteiger partial charge on any atom is 0.0541 e. The molecule has 0 heterocycles. The van der Waals surface area contributed by atoms with Gasteiger partial charge in [0.15, 0.2) is 0 Å². The van der Waals surface area contributed by atoms with Gasteiger partial charge in [0, 0.05) is 17.1 Å². The molecule has 106 valence electrons. The molecule has 0 radical (unpaired) electrons. The van der Waals surface area contributed by atoms with Crippen molar-refractivity contribution in [1.82, 2.24) is 4.90 Å². The molecule has 0 atom stereocenters. The number of anilines is 1.